The van der Waals surface area contributed by atoms with Crippen molar-refractivity contribution in [3.05, 3.63) is 47.5 Å². The average Bonchev–Trinajstić information content (AvgIpc) is 2.95. The van der Waals surface area contributed by atoms with Gasteiger partial charge in [0.2, 0.25) is 0 Å². The van der Waals surface area contributed by atoms with Crippen molar-refractivity contribution >= 4 is 22.5 Å². The smallest absolute Gasteiger partial charge is 0.416 e. The monoisotopic (exact) mass is 376 g/mol. The topological polar surface area (TPSA) is 47.3 Å². The maximum absolute atomic E-state index is 12.9. The molecule has 0 bridgehead atoms. The fraction of sp³-hybridized carbons (Fsp3) is 0.188. The van der Waals surface area contributed by atoms with Crippen LogP contribution in [0.15, 0.2) is 40.9 Å². The summed E-state index contributed by atoms with van der Waals surface area (Å²) in [5, 5.41) is 6.46. The first-order chi connectivity index (χ1) is 12.1. The molecule has 10 heteroatoms. The van der Waals surface area contributed by atoms with Gasteiger partial charge in [0, 0.05) is 11.8 Å². The summed E-state index contributed by atoms with van der Waals surface area (Å²) in [6, 6.07) is 5.75. The number of alkyl halides is 6. The predicted octanol–water partition coefficient (Wildman–Crippen LogP) is 5.62. The van der Waals surface area contributed by atoms with Crippen LogP contribution in [0, 0.1) is 0 Å². The lowest BCUT2D eigenvalue weighted by molar-refractivity contribution is -0.143. The Morgan fingerprint density at radius 3 is 2.08 bits per heavy atom. The van der Waals surface area contributed by atoms with Crippen LogP contribution in [0.2, 0.25) is 0 Å². The summed E-state index contributed by atoms with van der Waals surface area (Å²) in [7, 11) is 1.43. The molecule has 0 amide bonds. The summed E-state index contributed by atoms with van der Waals surface area (Å²) in [5.74, 6) is 0.439. The molecule has 0 saturated heterocycles. The van der Waals surface area contributed by atoms with Crippen molar-refractivity contribution in [3.63, 3.8) is 0 Å². The molecule has 0 aliphatic carbocycles. The van der Waals surface area contributed by atoms with E-state index in [2.05, 4.69) is 10.5 Å². The normalized spacial score (nSPS) is 12.4. The van der Waals surface area contributed by atoms with Gasteiger partial charge in [0.15, 0.2) is 11.4 Å². The molecule has 0 radical (unpaired) electrons. The van der Waals surface area contributed by atoms with Gasteiger partial charge in [0.1, 0.15) is 5.75 Å². The van der Waals surface area contributed by atoms with Crippen LogP contribution in [0.4, 0.5) is 37.8 Å². The first-order valence-corrected chi connectivity index (χ1v) is 7.08. The molecule has 0 atom stereocenters. The van der Waals surface area contributed by atoms with Crippen molar-refractivity contribution in [2.24, 2.45) is 0 Å². The van der Waals surface area contributed by atoms with E-state index >= 15 is 0 Å². The van der Waals surface area contributed by atoms with E-state index in [9.17, 15) is 26.3 Å². The van der Waals surface area contributed by atoms with Crippen LogP contribution < -0.4 is 10.1 Å². The minimum Gasteiger partial charge on any atom is -0.497 e. The lowest BCUT2D eigenvalue weighted by Gasteiger charge is -2.14. The largest absolute Gasteiger partial charge is 0.497 e. The molecule has 3 rings (SSSR count). The number of aromatic nitrogens is 1. The van der Waals surface area contributed by atoms with Crippen LogP contribution in [-0.2, 0) is 12.4 Å². The number of hydrogen-bond donors (Lipinski definition) is 1. The fourth-order valence-electron chi connectivity index (χ4n) is 2.30. The van der Waals surface area contributed by atoms with Crippen LogP contribution in [0.25, 0.3) is 11.0 Å². The van der Waals surface area contributed by atoms with E-state index in [-0.39, 0.29) is 17.5 Å². The number of methoxy groups -OCH3 is 1. The van der Waals surface area contributed by atoms with Gasteiger partial charge in [-0.1, -0.05) is 5.16 Å². The number of ether oxygens (including phenoxy) is 1. The quantitative estimate of drug-likeness (QED) is 0.603. The standard InChI is InChI=1S/C16H10F6N2O2/c1-25-11-2-3-12-13(7-11)26-24-14(12)23-10-5-8(15(17,18)19)4-9(6-10)16(20,21)22/h2-7H,1H3,(H,23,24). The van der Waals surface area contributed by atoms with Gasteiger partial charge in [0.05, 0.1) is 23.6 Å². The third-order valence-electron chi connectivity index (χ3n) is 3.53. The second kappa shape index (κ2) is 6.11. The Morgan fingerprint density at radius 2 is 1.54 bits per heavy atom. The molecular formula is C16H10F6N2O2. The van der Waals surface area contributed by atoms with Crippen LogP contribution >= 0.6 is 0 Å². The molecule has 1 N–H and O–H groups in total. The van der Waals surface area contributed by atoms with E-state index in [1.165, 1.54) is 19.2 Å². The number of hydrogen-bond acceptors (Lipinski definition) is 4. The van der Waals surface area contributed by atoms with Gasteiger partial charge in [0.25, 0.3) is 0 Å². The van der Waals surface area contributed by atoms with Crippen LogP contribution in [0.5, 0.6) is 5.75 Å². The van der Waals surface area contributed by atoms with Gasteiger partial charge in [-0.3, -0.25) is 0 Å². The number of anilines is 2. The first kappa shape index (κ1) is 17.9. The predicted molar refractivity (Wildman–Crippen MR) is 80.3 cm³/mol. The lowest BCUT2D eigenvalue weighted by atomic mass is 10.1. The lowest BCUT2D eigenvalue weighted by Crippen LogP contribution is -2.11. The highest BCUT2D eigenvalue weighted by atomic mass is 19.4. The molecule has 0 fully saturated rings. The molecule has 1 heterocycles. The van der Waals surface area contributed by atoms with Crippen molar-refractivity contribution < 1.29 is 35.6 Å². The molecule has 0 aliphatic heterocycles. The van der Waals surface area contributed by atoms with E-state index in [0.717, 1.165) is 0 Å². The molecule has 0 saturated carbocycles. The number of rotatable bonds is 3. The minimum atomic E-state index is -4.93. The van der Waals surface area contributed by atoms with Gasteiger partial charge in [-0.15, -0.1) is 0 Å². The molecule has 1 aromatic heterocycles. The Labute approximate surface area is 142 Å². The Balaban J connectivity index is 2.04. The number of halogens is 6. The summed E-state index contributed by atoms with van der Waals surface area (Å²) in [6.07, 6.45) is -9.87. The molecular weight excluding hydrogens is 366 g/mol. The molecule has 4 nitrogen and oxygen atoms in total. The summed E-state index contributed by atoms with van der Waals surface area (Å²) in [5.41, 5.74) is -3.01. The number of fused-ring (bicyclic) bond motifs is 1. The Hall–Kier alpha value is -2.91. The fourth-order valence-corrected chi connectivity index (χ4v) is 2.30. The highest BCUT2D eigenvalue weighted by Gasteiger charge is 2.37. The average molecular weight is 376 g/mol. The number of benzene rings is 2. The zero-order valence-corrected chi connectivity index (χ0v) is 13.0. The highest BCUT2D eigenvalue weighted by Crippen LogP contribution is 2.38. The Bertz CT molecular complexity index is 914. The molecule has 138 valence electrons. The molecule has 0 aliphatic rings. The summed E-state index contributed by atoms with van der Waals surface area (Å²) < 4.78 is 87.5. The van der Waals surface area contributed by atoms with Gasteiger partial charge >= 0.3 is 12.4 Å². The Morgan fingerprint density at radius 1 is 0.923 bits per heavy atom. The molecule has 2 aromatic carbocycles. The number of nitrogens with zero attached hydrogens (tertiary/aromatic N) is 1. The zero-order chi connectivity index (χ0) is 19.1. The maximum Gasteiger partial charge on any atom is 0.416 e. The van der Waals surface area contributed by atoms with Crippen molar-refractivity contribution in [2.75, 3.05) is 12.4 Å². The first-order valence-electron chi connectivity index (χ1n) is 7.08. The second-order valence-electron chi connectivity index (χ2n) is 5.31. The summed E-state index contributed by atoms with van der Waals surface area (Å²) in [6.45, 7) is 0. The van der Waals surface area contributed by atoms with Crippen molar-refractivity contribution in [1.29, 1.82) is 0 Å². The summed E-state index contributed by atoms with van der Waals surface area (Å²) >= 11 is 0. The van der Waals surface area contributed by atoms with E-state index in [0.29, 0.717) is 23.3 Å². The molecule has 0 spiro atoms. The van der Waals surface area contributed by atoms with Crippen molar-refractivity contribution in [2.45, 2.75) is 12.4 Å². The van der Waals surface area contributed by atoms with Gasteiger partial charge in [-0.05, 0) is 30.3 Å². The zero-order valence-electron chi connectivity index (χ0n) is 13.0. The van der Waals surface area contributed by atoms with Gasteiger partial charge < -0.3 is 14.6 Å². The second-order valence-corrected chi connectivity index (χ2v) is 5.31. The molecule has 26 heavy (non-hydrogen) atoms. The van der Waals surface area contributed by atoms with Crippen LogP contribution in [0.3, 0.4) is 0 Å². The third-order valence-corrected chi connectivity index (χ3v) is 3.53. The van der Waals surface area contributed by atoms with E-state index < -0.39 is 29.2 Å². The van der Waals surface area contributed by atoms with E-state index in [4.69, 9.17) is 9.26 Å². The molecule has 0 unspecified atom stereocenters. The summed E-state index contributed by atoms with van der Waals surface area (Å²) in [4.78, 5) is 0. The third kappa shape index (κ3) is 3.53. The molecule has 3 aromatic rings. The van der Waals surface area contributed by atoms with Crippen molar-refractivity contribution in [3.8, 4) is 5.75 Å². The van der Waals surface area contributed by atoms with Gasteiger partial charge in [-0.25, -0.2) is 0 Å². The van der Waals surface area contributed by atoms with Gasteiger partial charge in [-0.2, -0.15) is 26.3 Å². The highest BCUT2D eigenvalue weighted by molar-refractivity contribution is 5.90. The van der Waals surface area contributed by atoms with Crippen LogP contribution in [0.1, 0.15) is 11.1 Å². The Kier molecular flexibility index (Phi) is 4.21. The maximum atomic E-state index is 12.9. The van der Waals surface area contributed by atoms with E-state index in [1.54, 1.807) is 6.07 Å². The van der Waals surface area contributed by atoms with Crippen LogP contribution in [-0.4, -0.2) is 12.3 Å². The van der Waals surface area contributed by atoms with E-state index in [1.807, 2.05) is 0 Å². The minimum absolute atomic E-state index is 0.0184. The SMILES string of the molecule is COc1ccc2c(Nc3cc(C(F)(F)F)cc(C(F)(F)F)c3)noc2c1. The number of nitrogens with one attached hydrogen (secondary N) is 1. The van der Waals surface area contributed by atoms with Crippen molar-refractivity contribution in [1.82, 2.24) is 5.16 Å².